The first-order valence-corrected chi connectivity index (χ1v) is 7.45. The summed E-state index contributed by atoms with van der Waals surface area (Å²) >= 11 is 0. The van der Waals surface area contributed by atoms with Crippen molar-refractivity contribution in [2.45, 2.75) is 39.3 Å². The van der Waals surface area contributed by atoms with Crippen LogP contribution < -0.4 is 16.0 Å². The normalized spacial score (nSPS) is 14.3. The smallest absolute Gasteiger partial charge is 0.226 e. The Kier molecular flexibility index (Phi) is 7.64. The van der Waals surface area contributed by atoms with Gasteiger partial charge in [0.15, 0.2) is 5.96 Å². The molecule has 3 N–H and O–H groups in total. The molecule has 0 radical (unpaired) electrons. The summed E-state index contributed by atoms with van der Waals surface area (Å²) in [5.74, 6) is 0.868. The van der Waals surface area contributed by atoms with E-state index in [1.165, 1.54) is 12.8 Å². The summed E-state index contributed by atoms with van der Waals surface area (Å²) in [5.41, 5.74) is 1.98. The lowest BCUT2D eigenvalue weighted by atomic mass is 10.1. The molecule has 22 heavy (non-hydrogen) atoms. The van der Waals surface area contributed by atoms with Gasteiger partial charge in [-0.15, -0.1) is 24.0 Å². The highest BCUT2D eigenvalue weighted by Gasteiger charge is 2.21. The van der Waals surface area contributed by atoms with E-state index in [0.29, 0.717) is 12.6 Å². The van der Waals surface area contributed by atoms with E-state index in [9.17, 15) is 4.79 Å². The van der Waals surface area contributed by atoms with Gasteiger partial charge in [0, 0.05) is 31.2 Å². The Balaban J connectivity index is 0.00000242. The third-order valence-electron chi connectivity index (χ3n) is 3.35. The van der Waals surface area contributed by atoms with Crippen LogP contribution in [0.5, 0.6) is 0 Å². The molecular formula is C16H25IN4O. The quantitative estimate of drug-likeness (QED) is 0.393. The van der Waals surface area contributed by atoms with E-state index in [1.807, 2.05) is 38.1 Å². The number of benzene rings is 1. The van der Waals surface area contributed by atoms with Crippen LogP contribution in [0.25, 0.3) is 0 Å². The molecule has 0 atom stereocenters. The standard InChI is InChI=1S/C16H24N4O.HI/c1-11(2)15(21)19-13-6-4-12(5-7-13)10-18-16(17-3)20-14-8-9-14;/h4-7,11,14H,8-10H2,1-3H3,(H,19,21)(H2,17,18,20);1H. The third kappa shape index (κ3) is 6.21. The second kappa shape index (κ2) is 8.97. The van der Waals surface area contributed by atoms with Crippen molar-refractivity contribution in [1.29, 1.82) is 0 Å². The van der Waals surface area contributed by atoms with Crippen LogP contribution in [0.3, 0.4) is 0 Å². The number of rotatable bonds is 5. The molecule has 0 aromatic heterocycles. The second-order valence-electron chi connectivity index (χ2n) is 5.69. The first kappa shape index (κ1) is 18.7. The number of halogens is 1. The molecule has 1 saturated carbocycles. The van der Waals surface area contributed by atoms with Gasteiger partial charge in [0.1, 0.15) is 0 Å². The van der Waals surface area contributed by atoms with Crippen molar-refractivity contribution in [3.63, 3.8) is 0 Å². The van der Waals surface area contributed by atoms with Crippen molar-refractivity contribution in [2.75, 3.05) is 12.4 Å². The fourth-order valence-corrected chi connectivity index (χ4v) is 1.79. The van der Waals surface area contributed by atoms with E-state index in [2.05, 4.69) is 20.9 Å². The fourth-order valence-electron chi connectivity index (χ4n) is 1.79. The highest BCUT2D eigenvalue weighted by atomic mass is 127. The Bertz CT molecular complexity index is 509. The molecular weight excluding hydrogens is 391 g/mol. The lowest BCUT2D eigenvalue weighted by molar-refractivity contribution is -0.118. The van der Waals surface area contributed by atoms with E-state index in [1.54, 1.807) is 7.05 Å². The van der Waals surface area contributed by atoms with Gasteiger partial charge in [-0.05, 0) is 30.5 Å². The Hall–Kier alpha value is -1.31. The number of anilines is 1. The van der Waals surface area contributed by atoms with Gasteiger partial charge >= 0.3 is 0 Å². The lowest BCUT2D eigenvalue weighted by Crippen LogP contribution is -2.38. The van der Waals surface area contributed by atoms with Gasteiger partial charge in [0.25, 0.3) is 0 Å². The zero-order valence-corrected chi connectivity index (χ0v) is 15.7. The number of nitrogens with zero attached hydrogens (tertiary/aromatic N) is 1. The van der Waals surface area contributed by atoms with Crippen LogP contribution >= 0.6 is 24.0 Å². The van der Waals surface area contributed by atoms with Crippen molar-refractivity contribution in [3.05, 3.63) is 29.8 Å². The molecule has 1 aromatic carbocycles. The summed E-state index contributed by atoms with van der Waals surface area (Å²) in [6.45, 7) is 4.48. The summed E-state index contributed by atoms with van der Waals surface area (Å²) in [4.78, 5) is 15.8. The van der Waals surface area contributed by atoms with Crippen LogP contribution in [0, 0.1) is 5.92 Å². The Morgan fingerprint density at radius 1 is 1.27 bits per heavy atom. The van der Waals surface area contributed by atoms with E-state index in [0.717, 1.165) is 17.2 Å². The second-order valence-corrected chi connectivity index (χ2v) is 5.69. The summed E-state index contributed by atoms with van der Waals surface area (Å²) in [7, 11) is 1.78. The summed E-state index contributed by atoms with van der Waals surface area (Å²) < 4.78 is 0. The van der Waals surface area contributed by atoms with Crippen LogP contribution in [0.2, 0.25) is 0 Å². The van der Waals surface area contributed by atoms with E-state index in [-0.39, 0.29) is 35.8 Å². The van der Waals surface area contributed by atoms with Crippen LogP contribution in [-0.2, 0) is 11.3 Å². The first-order chi connectivity index (χ1) is 10.1. The monoisotopic (exact) mass is 416 g/mol. The number of hydrogen-bond acceptors (Lipinski definition) is 2. The number of carbonyl (C=O) groups excluding carboxylic acids is 1. The molecule has 6 heteroatoms. The molecule has 2 rings (SSSR count). The van der Waals surface area contributed by atoms with Crippen molar-refractivity contribution in [3.8, 4) is 0 Å². The minimum Gasteiger partial charge on any atom is -0.354 e. The van der Waals surface area contributed by atoms with Crippen LogP contribution in [0.1, 0.15) is 32.3 Å². The third-order valence-corrected chi connectivity index (χ3v) is 3.35. The molecule has 0 unspecified atom stereocenters. The predicted molar refractivity (Wildman–Crippen MR) is 102 cm³/mol. The van der Waals surface area contributed by atoms with E-state index < -0.39 is 0 Å². The molecule has 1 amide bonds. The van der Waals surface area contributed by atoms with Gasteiger partial charge < -0.3 is 16.0 Å². The molecule has 1 fully saturated rings. The average molecular weight is 416 g/mol. The molecule has 1 aliphatic rings. The molecule has 1 aliphatic carbocycles. The average Bonchev–Trinajstić information content (AvgIpc) is 3.28. The van der Waals surface area contributed by atoms with Gasteiger partial charge in [0.05, 0.1) is 0 Å². The van der Waals surface area contributed by atoms with Crippen LogP contribution in [0.15, 0.2) is 29.3 Å². The number of amides is 1. The van der Waals surface area contributed by atoms with Crippen molar-refractivity contribution in [2.24, 2.45) is 10.9 Å². The number of carbonyl (C=O) groups is 1. The minimum atomic E-state index is -0.0110. The van der Waals surface area contributed by atoms with E-state index in [4.69, 9.17) is 0 Å². The Labute approximate surface area is 149 Å². The minimum absolute atomic E-state index is 0. The van der Waals surface area contributed by atoms with Gasteiger partial charge in [-0.3, -0.25) is 9.79 Å². The molecule has 0 heterocycles. The molecule has 1 aromatic rings. The maximum Gasteiger partial charge on any atom is 0.226 e. The number of hydrogen-bond donors (Lipinski definition) is 3. The molecule has 0 spiro atoms. The van der Waals surface area contributed by atoms with Crippen molar-refractivity contribution in [1.82, 2.24) is 10.6 Å². The van der Waals surface area contributed by atoms with Crippen molar-refractivity contribution < 1.29 is 4.79 Å². The Morgan fingerprint density at radius 2 is 1.91 bits per heavy atom. The number of nitrogens with one attached hydrogen (secondary N) is 3. The van der Waals surface area contributed by atoms with Crippen LogP contribution in [-0.4, -0.2) is 25.0 Å². The molecule has 5 nitrogen and oxygen atoms in total. The molecule has 0 saturated heterocycles. The Morgan fingerprint density at radius 3 is 2.41 bits per heavy atom. The largest absolute Gasteiger partial charge is 0.354 e. The lowest BCUT2D eigenvalue weighted by Gasteiger charge is -2.12. The highest BCUT2D eigenvalue weighted by molar-refractivity contribution is 14.0. The zero-order chi connectivity index (χ0) is 15.2. The van der Waals surface area contributed by atoms with Gasteiger partial charge in [-0.2, -0.15) is 0 Å². The van der Waals surface area contributed by atoms with Gasteiger partial charge in [-0.25, -0.2) is 0 Å². The SMILES string of the molecule is CN=C(NCc1ccc(NC(=O)C(C)C)cc1)NC1CC1.I. The topological polar surface area (TPSA) is 65.5 Å². The molecule has 122 valence electrons. The summed E-state index contributed by atoms with van der Waals surface area (Å²) in [6.07, 6.45) is 2.45. The molecule has 0 aliphatic heterocycles. The fraction of sp³-hybridized carbons (Fsp3) is 0.500. The zero-order valence-electron chi connectivity index (χ0n) is 13.3. The van der Waals surface area contributed by atoms with Crippen molar-refractivity contribution >= 4 is 41.5 Å². The van der Waals surface area contributed by atoms with E-state index >= 15 is 0 Å². The number of aliphatic imine (C=N–C) groups is 1. The predicted octanol–water partition coefficient (Wildman–Crippen LogP) is 2.73. The maximum absolute atomic E-state index is 11.6. The maximum atomic E-state index is 11.6. The number of guanidine groups is 1. The van der Waals surface area contributed by atoms with Crippen LogP contribution in [0.4, 0.5) is 5.69 Å². The van der Waals surface area contributed by atoms with Gasteiger partial charge in [0.2, 0.25) is 5.91 Å². The highest BCUT2D eigenvalue weighted by Crippen LogP contribution is 2.18. The molecule has 0 bridgehead atoms. The first-order valence-electron chi connectivity index (χ1n) is 7.45. The summed E-state index contributed by atoms with van der Waals surface area (Å²) in [6, 6.07) is 8.45. The summed E-state index contributed by atoms with van der Waals surface area (Å²) in [5, 5.41) is 9.51. The van der Waals surface area contributed by atoms with Gasteiger partial charge in [-0.1, -0.05) is 26.0 Å².